The number of thioether (sulfide) groups is 1. The molecular formula is C17H12FNOS2. The van der Waals surface area contributed by atoms with E-state index in [1.54, 1.807) is 18.2 Å². The molecule has 1 aliphatic rings. The van der Waals surface area contributed by atoms with Crippen molar-refractivity contribution in [2.45, 2.75) is 6.92 Å². The summed E-state index contributed by atoms with van der Waals surface area (Å²) in [7, 11) is 0. The van der Waals surface area contributed by atoms with Gasteiger partial charge < -0.3 is 0 Å². The van der Waals surface area contributed by atoms with E-state index in [1.165, 1.54) is 28.8 Å². The smallest absolute Gasteiger partial charge is 0.268 e. The van der Waals surface area contributed by atoms with Gasteiger partial charge in [0.25, 0.3) is 5.91 Å². The van der Waals surface area contributed by atoms with E-state index in [0.29, 0.717) is 9.23 Å². The van der Waals surface area contributed by atoms with E-state index < -0.39 is 0 Å². The number of amides is 1. The molecule has 0 saturated carbocycles. The Kier molecular flexibility index (Phi) is 4.09. The first-order chi connectivity index (χ1) is 10.5. The minimum absolute atomic E-state index is 0.150. The van der Waals surface area contributed by atoms with Crippen molar-refractivity contribution in [2.24, 2.45) is 0 Å². The monoisotopic (exact) mass is 329 g/mol. The predicted octanol–water partition coefficient (Wildman–Crippen LogP) is 4.54. The lowest BCUT2D eigenvalue weighted by molar-refractivity contribution is -0.113. The van der Waals surface area contributed by atoms with E-state index >= 15 is 0 Å². The van der Waals surface area contributed by atoms with Gasteiger partial charge in [-0.15, -0.1) is 0 Å². The van der Waals surface area contributed by atoms with Gasteiger partial charge in [-0.1, -0.05) is 53.8 Å². The Morgan fingerprint density at radius 3 is 2.36 bits per heavy atom. The topological polar surface area (TPSA) is 20.3 Å². The van der Waals surface area contributed by atoms with Gasteiger partial charge in [0, 0.05) is 0 Å². The molecule has 5 heteroatoms. The number of nitrogens with zero attached hydrogens (tertiary/aromatic N) is 1. The summed E-state index contributed by atoms with van der Waals surface area (Å²) in [6, 6.07) is 13.6. The normalized spacial score (nSPS) is 16.6. The van der Waals surface area contributed by atoms with Crippen LogP contribution < -0.4 is 4.90 Å². The Bertz CT molecular complexity index is 766. The van der Waals surface area contributed by atoms with Gasteiger partial charge in [-0.2, -0.15) is 0 Å². The summed E-state index contributed by atoms with van der Waals surface area (Å²) >= 11 is 6.57. The second-order valence-electron chi connectivity index (χ2n) is 4.90. The highest BCUT2D eigenvalue weighted by molar-refractivity contribution is 8.27. The first-order valence-electron chi connectivity index (χ1n) is 6.65. The minimum atomic E-state index is -0.302. The molecule has 1 heterocycles. The van der Waals surface area contributed by atoms with Crippen molar-refractivity contribution in [3.05, 3.63) is 70.4 Å². The Morgan fingerprint density at radius 2 is 1.73 bits per heavy atom. The summed E-state index contributed by atoms with van der Waals surface area (Å²) in [4.78, 5) is 14.6. The summed E-state index contributed by atoms with van der Waals surface area (Å²) < 4.78 is 13.4. The van der Waals surface area contributed by atoms with Crippen molar-refractivity contribution in [1.82, 2.24) is 0 Å². The largest absolute Gasteiger partial charge is 0.270 e. The zero-order chi connectivity index (χ0) is 15.7. The van der Waals surface area contributed by atoms with Gasteiger partial charge in [0.2, 0.25) is 0 Å². The Hall–Kier alpha value is -1.98. The third-order valence-electron chi connectivity index (χ3n) is 3.25. The second-order valence-corrected chi connectivity index (χ2v) is 6.58. The van der Waals surface area contributed by atoms with Crippen molar-refractivity contribution in [2.75, 3.05) is 4.90 Å². The molecule has 22 heavy (non-hydrogen) atoms. The van der Waals surface area contributed by atoms with Crippen LogP contribution in [-0.4, -0.2) is 10.2 Å². The third-order valence-corrected chi connectivity index (χ3v) is 4.56. The van der Waals surface area contributed by atoms with Gasteiger partial charge in [0.1, 0.15) is 5.82 Å². The lowest BCUT2D eigenvalue weighted by Gasteiger charge is -2.14. The quantitative estimate of drug-likeness (QED) is 0.596. The summed E-state index contributed by atoms with van der Waals surface area (Å²) in [6.45, 7) is 1.99. The zero-order valence-electron chi connectivity index (χ0n) is 11.7. The molecule has 0 spiro atoms. The summed E-state index contributed by atoms with van der Waals surface area (Å²) in [5, 5.41) is 0. The maximum Gasteiger partial charge on any atom is 0.270 e. The van der Waals surface area contributed by atoms with Gasteiger partial charge in [0.05, 0.1) is 10.6 Å². The number of thiocarbonyl (C=S) groups is 1. The van der Waals surface area contributed by atoms with Gasteiger partial charge in [-0.3, -0.25) is 9.69 Å². The van der Waals surface area contributed by atoms with E-state index in [0.717, 1.165) is 16.8 Å². The molecule has 2 nitrogen and oxygen atoms in total. The van der Waals surface area contributed by atoms with Gasteiger partial charge in [0.15, 0.2) is 4.32 Å². The third kappa shape index (κ3) is 2.96. The molecule has 1 aliphatic heterocycles. The molecule has 1 saturated heterocycles. The molecule has 0 radical (unpaired) electrons. The van der Waals surface area contributed by atoms with Crippen LogP contribution in [-0.2, 0) is 4.79 Å². The molecule has 1 amide bonds. The SMILES string of the molecule is Cc1ccc(N2C(=O)C(=Cc3ccc(F)cc3)SC2=S)cc1. The molecule has 0 bridgehead atoms. The van der Waals surface area contributed by atoms with E-state index in [2.05, 4.69) is 0 Å². The van der Waals surface area contributed by atoms with Gasteiger partial charge in [-0.05, 0) is 42.8 Å². The number of halogens is 1. The Labute approximate surface area is 137 Å². The summed E-state index contributed by atoms with van der Waals surface area (Å²) in [5.74, 6) is -0.451. The zero-order valence-corrected chi connectivity index (χ0v) is 13.4. The highest BCUT2D eigenvalue weighted by Crippen LogP contribution is 2.36. The maximum absolute atomic E-state index is 12.9. The number of benzene rings is 2. The molecule has 0 aliphatic carbocycles. The van der Waals surface area contributed by atoms with Gasteiger partial charge in [-0.25, -0.2) is 4.39 Å². The van der Waals surface area contributed by atoms with E-state index in [1.807, 2.05) is 31.2 Å². The van der Waals surface area contributed by atoms with Crippen LogP contribution >= 0.6 is 24.0 Å². The number of anilines is 1. The molecule has 110 valence electrons. The van der Waals surface area contributed by atoms with Crippen molar-refractivity contribution in [3.8, 4) is 0 Å². The van der Waals surface area contributed by atoms with Crippen molar-refractivity contribution in [3.63, 3.8) is 0 Å². The average Bonchev–Trinajstić information content (AvgIpc) is 2.77. The van der Waals surface area contributed by atoms with Crippen LogP contribution in [0.3, 0.4) is 0 Å². The number of rotatable bonds is 2. The predicted molar refractivity (Wildman–Crippen MR) is 93.2 cm³/mol. The highest BCUT2D eigenvalue weighted by atomic mass is 32.2. The first-order valence-corrected chi connectivity index (χ1v) is 7.87. The number of carbonyl (C=O) groups is 1. The first kappa shape index (κ1) is 14.9. The highest BCUT2D eigenvalue weighted by Gasteiger charge is 2.33. The van der Waals surface area contributed by atoms with Crippen LogP contribution in [0.25, 0.3) is 6.08 Å². The number of hydrogen-bond donors (Lipinski definition) is 0. The average molecular weight is 329 g/mol. The maximum atomic E-state index is 12.9. The van der Waals surface area contributed by atoms with Crippen LogP contribution in [0.1, 0.15) is 11.1 Å². The fourth-order valence-corrected chi connectivity index (χ4v) is 3.39. The molecule has 0 N–H and O–H groups in total. The van der Waals surface area contributed by atoms with E-state index in [9.17, 15) is 9.18 Å². The minimum Gasteiger partial charge on any atom is -0.268 e. The molecule has 0 unspecified atom stereocenters. The van der Waals surface area contributed by atoms with Crippen LogP contribution in [0.15, 0.2) is 53.4 Å². The molecule has 2 aromatic rings. The van der Waals surface area contributed by atoms with Crippen LogP contribution in [0.5, 0.6) is 0 Å². The van der Waals surface area contributed by atoms with Crippen molar-refractivity contribution in [1.29, 1.82) is 0 Å². The second kappa shape index (κ2) is 6.02. The Balaban J connectivity index is 1.91. The van der Waals surface area contributed by atoms with Crippen LogP contribution in [0.4, 0.5) is 10.1 Å². The number of hydrogen-bond acceptors (Lipinski definition) is 3. The molecule has 0 aromatic heterocycles. The van der Waals surface area contributed by atoms with Crippen molar-refractivity contribution >= 4 is 46.0 Å². The molecule has 3 rings (SSSR count). The fourth-order valence-electron chi connectivity index (χ4n) is 2.09. The van der Waals surface area contributed by atoms with Gasteiger partial charge >= 0.3 is 0 Å². The van der Waals surface area contributed by atoms with Crippen LogP contribution in [0, 0.1) is 12.7 Å². The molecular weight excluding hydrogens is 317 g/mol. The number of carbonyl (C=O) groups excluding carboxylic acids is 1. The number of aryl methyl sites for hydroxylation is 1. The molecule has 2 aromatic carbocycles. The Morgan fingerprint density at radius 1 is 1.09 bits per heavy atom. The van der Waals surface area contributed by atoms with Crippen LogP contribution in [0.2, 0.25) is 0 Å². The summed E-state index contributed by atoms with van der Waals surface area (Å²) in [6.07, 6.45) is 1.73. The molecule has 1 fully saturated rings. The van der Waals surface area contributed by atoms with E-state index in [-0.39, 0.29) is 11.7 Å². The summed E-state index contributed by atoms with van der Waals surface area (Å²) in [5.41, 5.74) is 2.65. The molecule has 0 atom stereocenters. The van der Waals surface area contributed by atoms with Crippen molar-refractivity contribution < 1.29 is 9.18 Å². The standard InChI is InChI=1S/C17H12FNOS2/c1-11-2-8-14(9-3-11)19-16(20)15(22-17(19)21)10-12-4-6-13(18)7-5-12/h2-10H,1H3. The van der Waals surface area contributed by atoms with E-state index in [4.69, 9.17) is 12.2 Å². The lowest BCUT2D eigenvalue weighted by atomic mass is 10.2. The lowest BCUT2D eigenvalue weighted by Crippen LogP contribution is -2.27. The fraction of sp³-hybridized carbons (Fsp3) is 0.0588.